The third-order valence-electron chi connectivity index (χ3n) is 0.517. The van der Waals surface area contributed by atoms with E-state index in [1.807, 2.05) is 46.8 Å². The SMILES string of the molecule is C.C=C/C=C\C(=C)C.CC.CC. The van der Waals surface area contributed by atoms with E-state index in [9.17, 15) is 0 Å². The molecule has 0 amide bonds. The van der Waals surface area contributed by atoms with Gasteiger partial charge in [-0.2, -0.15) is 0 Å². The van der Waals surface area contributed by atoms with Crippen molar-refractivity contribution in [2.24, 2.45) is 0 Å². The van der Waals surface area contributed by atoms with Crippen molar-refractivity contribution in [3.8, 4) is 0 Å². The molecule has 0 spiro atoms. The summed E-state index contributed by atoms with van der Waals surface area (Å²) in [6.07, 6.45) is 5.50. The summed E-state index contributed by atoms with van der Waals surface area (Å²) in [5.74, 6) is 0. The Labute approximate surface area is 79.7 Å². The number of hydrogen-bond donors (Lipinski definition) is 0. The van der Waals surface area contributed by atoms with Crippen LogP contribution in [-0.2, 0) is 0 Å². The zero-order valence-corrected chi connectivity index (χ0v) is 8.65. The minimum Gasteiger partial charge on any atom is -0.0991 e. The van der Waals surface area contributed by atoms with E-state index in [1.54, 1.807) is 6.08 Å². The smallest absolute Gasteiger partial charge is 0.0404 e. The van der Waals surface area contributed by atoms with E-state index in [-0.39, 0.29) is 7.43 Å². The molecule has 0 radical (unpaired) electrons. The predicted molar refractivity (Wildman–Crippen MR) is 63.6 cm³/mol. The molecule has 0 rings (SSSR count). The van der Waals surface area contributed by atoms with Crippen LogP contribution in [0.1, 0.15) is 42.0 Å². The van der Waals surface area contributed by atoms with Crippen LogP contribution in [0, 0.1) is 0 Å². The van der Waals surface area contributed by atoms with Crippen molar-refractivity contribution >= 4 is 0 Å². The molecule has 0 heteroatoms. The molecule has 0 N–H and O–H groups in total. The summed E-state index contributed by atoms with van der Waals surface area (Å²) < 4.78 is 0. The van der Waals surface area contributed by atoms with Crippen LogP contribution < -0.4 is 0 Å². The van der Waals surface area contributed by atoms with Gasteiger partial charge >= 0.3 is 0 Å². The van der Waals surface area contributed by atoms with Gasteiger partial charge in [0, 0.05) is 0 Å². The Bertz CT molecular complexity index is 96.6. The van der Waals surface area contributed by atoms with Gasteiger partial charge in [0.1, 0.15) is 0 Å². The van der Waals surface area contributed by atoms with Crippen molar-refractivity contribution in [1.29, 1.82) is 0 Å². The zero-order chi connectivity index (χ0) is 9.70. The maximum atomic E-state index is 3.66. The van der Waals surface area contributed by atoms with Crippen LogP contribution in [-0.4, -0.2) is 0 Å². The molecule has 0 aliphatic carbocycles. The molecule has 0 aromatic carbocycles. The van der Waals surface area contributed by atoms with E-state index in [1.165, 1.54) is 0 Å². The Kier molecular flexibility index (Phi) is 59.7. The second kappa shape index (κ2) is 31.9. The first-order valence-corrected chi connectivity index (χ1v) is 4.22. The van der Waals surface area contributed by atoms with Gasteiger partial charge in [0.25, 0.3) is 0 Å². The highest BCUT2D eigenvalue weighted by atomic mass is 13.7. The van der Waals surface area contributed by atoms with E-state index >= 15 is 0 Å². The summed E-state index contributed by atoms with van der Waals surface area (Å²) in [6, 6.07) is 0. The van der Waals surface area contributed by atoms with Crippen molar-refractivity contribution in [2.75, 3.05) is 0 Å². The van der Waals surface area contributed by atoms with Crippen molar-refractivity contribution in [1.82, 2.24) is 0 Å². The van der Waals surface area contributed by atoms with Gasteiger partial charge in [-0.15, -0.1) is 0 Å². The van der Waals surface area contributed by atoms with Gasteiger partial charge in [-0.3, -0.25) is 0 Å². The lowest BCUT2D eigenvalue weighted by molar-refractivity contribution is 1.50. The molecule has 0 aromatic heterocycles. The van der Waals surface area contributed by atoms with Crippen LogP contribution in [0.4, 0.5) is 0 Å². The lowest BCUT2D eigenvalue weighted by Crippen LogP contribution is -1.55. The number of allylic oxidation sites excluding steroid dienone is 4. The standard InChI is InChI=1S/C7H10.2C2H6.CH4/c1-4-5-6-7(2)3;2*1-2;/h4-6H,1-2H2,3H3;2*1-2H3;1H4/b6-5-;;;. The second-order valence-corrected chi connectivity index (χ2v) is 1.44. The summed E-state index contributed by atoms with van der Waals surface area (Å²) in [7, 11) is 0. The largest absolute Gasteiger partial charge is 0.0991 e. The Morgan fingerprint density at radius 2 is 1.42 bits per heavy atom. The average Bonchev–Trinajstić information content (AvgIpc) is 2.08. The molecule has 0 unspecified atom stereocenters. The molecule has 0 saturated carbocycles. The molecular weight excluding hydrogens is 144 g/mol. The lowest BCUT2D eigenvalue weighted by Gasteiger charge is -1.77. The second-order valence-electron chi connectivity index (χ2n) is 1.44. The quantitative estimate of drug-likeness (QED) is 0.512. The van der Waals surface area contributed by atoms with Crippen LogP contribution in [0.2, 0.25) is 0 Å². The Hall–Kier alpha value is -0.780. The molecule has 0 aromatic rings. The molecule has 0 aliphatic rings. The van der Waals surface area contributed by atoms with E-state index in [0.717, 1.165) is 5.57 Å². The fourth-order valence-electron chi connectivity index (χ4n) is 0.232. The van der Waals surface area contributed by atoms with Crippen LogP contribution in [0.25, 0.3) is 0 Å². The topological polar surface area (TPSA) is 0 Å². The maximum Gasteiger partial charge on any atom is -0.0404 e. The molecule has 0 heterocycles. The van der Waals surface area contributed by atoms with Gasteiger partial charge < -0.3 is 0 Å². The number of hydrogen-bond acceptors (Lipinski definition) is 0. The van der Waals surface area contributed by atoms with Crippen molar-refractivity contribution in [3.05, 3.63) is 37.0 Å². The molecule has 0 nitrogen and oxygen atoms in total. The minimum absolute atomic E-state index is 0. The molecule has 12 heavy (non-hydrogen) atoms. The first kappa shape index (κ1) is 22.5. The highest BCUT2D eigenvalue weighted by molar-refractivity contribution is 5.15. The Balaban J connectivity index is -0.0000000560. The third kappa shape index (κ3) is 60.1. The summed E-state index contributed by atoms with van der Waals surface area (Å²) in [6.45, 7) is 17.1. The van der Waals surface area contributed by atoms with Gasteiger partial charge in [0.05, 0.1) is 0 Å². The Morgan fingerprint density at radius 3 is 1.50 bits per heavy atom. The van der Waals surface area contributed by atoms with Gasteiger partial charge in [0.2, 0.25) is 0 Å². The first-order chi connectivity index (χ1) is 5.27. The molecule has 74 valence electrons. The van der Waals surface area contributed by atoms with Crippen LogP contribution >= 0.6 is 0 Å². The molecule has 0 saturated heterocycles. The van der Waals surface area contributed by atoms with E-state index in [4.69, 9.17) is 0 Å². The highest BCUT2D eigenvalue weighted by Gasteiger charge is 1.65. The molecular formula is C12H26. The summed E-state index contributed by atoms with van der Waals surface area (Å²) in [5.41, 5.74) is 1.06. The third-order valence-corrected chi connectivity index (χ3v) is 0.517. The van der Waals surface area contributed by atoms with Crippen molar-refractivity contribution < 1.29 is 0 Å². The summed E-state index contributed by atoms with van der Waals surface area (Å²) >= 11 is 0. The van der Waals surface area contributed by atoms with Gasteiger partial charge in [-0.05, 0) is 6.92 Å². The molecule has 0 bridgehead atoms. The van der Waals surface area contributed by atoms with E-state index in [0.29, 0.717) is 0 Å². The molecule has 0 aliphatic heterocycles. The predicted octanol–water partition coefficient (Wildman–Crippen LogP) is 4.99. The van der Waals surface area contributed by atoms with E-state index in [2.05, 4.69) is 13.2 Å². The van der Waals surface area contributed by atoms with Gasteiger partial charge in [-0.1, -0.05) is 72.1 Å². The fourth-order valence-corrected chi connectivity index (χ4v) is 0.232. The fraction of sp³-hybridized carbons (Fsp3) is 0.500. The summed E-state index contributed by atoms with van der Waals surface area (Å²) in [4.78, 5) is 0. The first-order valence-electron chi connectivity index (χ1n) is 4.22. The van der Waals surface area contributed by atoms with Crippen LogP contribution in [0.15, 0.2) is 37.0 Å². The van der Waals surface area contributed by atoms with Crippen LogP contribution in [0.3, 0.4) is 0 Å². The molecule has 0 fully saturated rings. The van der Waals surface area contributed by atoms with Crippen LogP contribution in [0.5, 0.6) is 0 Å². The maximum absolute atomic E-state index is 3.66. The van der Waals surface area contributed by atoms with Crippen molar-refractivity contribution in [2.45, 2.75) is 42.0 Å². The van der Waals surface area contributed by atoms with E-state index < -0.39 is 0 Å². The zero-order valence-electron chi connectivity index (χ0n) is 8.65. The minimum atomic E-state index is 0. The van der Waals surface area contributed by atoms with Gasteiger partial charge in [-0.25, -0.2) is 0 Å². The van der Waals surface area contributed by atoms with Crippen molar-refractivity contribution in [3.63, 3.8) is 0 Å². The Morgan fingerprint density at radius 1 is 1.08 bits per heavy atom. The van der Waals surface area contributed by atoms with Gasteiger partial charge in [0.15, 0.2) is 0 Å². The summed E-state index contributed by atoms with van der Waals surface area (Å²) in [5, 5.41) is 0. The highest BCUT2D eigenvalue weighted by Crippen LogP contribution is 1.86. The normalized spacial score (nSPS) is 6.42. The lowest BCUT2D eigenvalue weighted by atomic mass is 10.3. The number of rotatable bonds is 2. The average molecular weight is 170 g/mol. The monoisotopic (exact) mass is 170 g/mol. The molecule has 0 atom stereocenters.